The first-order valence-electron chi connectivity index (χ1n) is 9.72. The van der Waals surface area contributed by atoms with E-state index < -0.39 is 9.84 Å². The lowest BCUT2D eigenvalue weighted by Crippen LogP contribution is -2.24. The van der Waals surface area contributed by atoms with Gasteiger partial charge in [0.1, 0.15) is 11.5 Å². The zero-order valence-corrected chi connectivity index (χ0v) is 17.1. The number of allylic oxidation sites excluding steroid dienone is 1. The fourth-order valence-electron chi connectivity index (χ4n) is 3.46. The summed E-state index contributed by atoms with van der Waals surface area (Å²) in [5, 5.41) is 2.85. The summed E-state index contributed by atoms with van der Waals surface area (Å²) in [5.74, 6) is -0.141. The van der Waals surface area contributed by atoms with E-state index in [-0.39, 0.29) is 28.9 Å². The van der Waals surface area contributed by atoms with E-state index >= 15 is 0 Å². The molecule has 1 aliphatic rings. The Balaban J connectivity index is 1.52. The van der Waals surface area contributed by atoms with Gasteiger partial charge in [-0.1, -0.05) is 41.5 Å². The summed E-state index contributed by atoms with van der Waals surface area (Å²) < 4.78 is 30.4. The van der Waals surface area contributed by atoms with Crippen LogP contribution in [0.5, 0.6) is 0 Å². The molecule has 1 heterocycles. The van der Waals surface area contributed by atoms with E-state index in [4.69, 9.17) is 4.42 Å². The van der Waals surface area contributed by atoms with E-state index in [0.717, 1.165) is 30.4 Å². The maximum Gasteiger partial charge on any atom is 0.287 e. The molecule has 5 nitrogen and oxygen atoms in total. The van der Waals surface area contributed by atoms with Crippen molar-refractivity contribution in [2.75, 3.05) is 6.54 Å². The summed E-state index contributed by atoms with van der Waals surface area (Å²) in [6.07, 6.45) is 7.82. The number of aryl methyl sites for hydroxylation is 1. The summed E-state index contributed by atoms with van der Waals surface area (Å²) in [7, 11) is -3.38. The van der Waals surface area contributed by atoms with Gasteiger partial charge in [0.05, 0.1) is 5.75 Å². The van der Waals surface area contributed by atoms with Crippen molar-refractivity contribution in [3.63, 3.8) is 0 Å². The third kappa shape index (κ3) is 6.09. The number of hydrogen-bond donors (Lipinski definition) is 1. The average Bonchev–Trinajstić information content (AvgIpc) is 3.10. The molecule has 1 aromatic carbocycles. The number of furan rings is 1. The molecule has 0 unspecified atom stereocenters. The fourth-order valence-corrected chi connectivity index (χ4v) is 4.83. The Morgan fingerprint density at radius 2 is 2.00 bits per heavy atom. The third-order valence-corrected chi connectivity index (χ3v) is 6.33. The van der Waals surface area contributed by atoms with Crippen LogP contribution in [0.15, 0.2) is 52.5 Å². The van der Waals surface area contributed by atoms with Crippen molar-refractivity contribution >= 4 is 15.7 Å². The van der Waals surface area contributed by atoms with Crippen molar-refractivity contribution in [3.8, 4) is 0 Å². The minimum Gasteiger partial charge on any atom is -0.455 e. The van der Waals surface area contributed by atoms with E-state index in [1.54, 1.807) is 12.1 Å². The second kappa shape index (κ2) is 9.24. The number of nitrogens with one attached hydrogen (secondary N) is 1. The van der Waals surface area contributed by atoms with Gasteiger partial charge in [0, 0.05) is 6.54 Å². The van der Waals surface area contributed by atoms with Gasteiger partial charge in [-0.15, -0.1) is 0 Å². The van der Waals surface area contributed by atoms with E-state index in [9.17, 15) is 13.2 Å². The lowest BCUT2D eigenvalue weighted by atomic mass is 9.97. The standard InChI is InChI=1S/C22H27NO4S/c1-17-6-5-9-19(14-17)15-28(25,26)16-20-10-11-21(27-20)22(24)23-13-12-18-7-3-2-4-8-18/h5-7,9-11,14H,2-4,8,12-13,15-16H2,1H3,(H,23,24). The van der Waals surface area contributed by atoms with Gasteiger partial charge in [0.25, 0.3) is 5.91 Å². The highest BCUT2D eigenvalue weighted by Crippen LogP contribution is 2.20. The van der Waals surface area contributed by atoms with Crippen molar-refractivity contribution in [3.05, 3.63) is 70.7 Å². The molecule has 0 aliphatic heterocycles. The Labute approximate surface area is 166 Å². The van der Waals surface area contributed by atoms with Crippen molar-refractivity contribution in [1.29, 1.82) is 0 Å². The van der Waals surface area contributed by atoms with Crippen LogP contribution < -0.4 is 5.32 Å². The van der Waals surface area contributed by atoms with Crippen molar-refractivity contribution in [1.82, 2.24) is 5.32 Å². The Kier molecular flexibility index (Phi) is 6.73. The molecule has 1 N–H and O–H groups in total. The van der Waals surface area contributed by atoms with Gasteiger partial charge < -0.3 is 9.73 Å². The van der Waals surface area contributed by atoms with Crippen LogP contribution in [0.4, 0.5) is 0 Å². The lowest BCUT2D eigenvalue weighted by Gasteiger charge is -2.12. The summed E-state index contributed by atoms with van der Waals surface area (Å²) >= 11 is 0. The van der Waals surface area contributed by atoms with Crippen LogP contribution in [0.3, 0.4) is 0 Å². The summed E-state index contributed by atoms with van der Waals surface area (Å²) in [6.45, 7) is 2.49. The SMILES string of the molecule is Cc1cccc(CS(=O)(=O)Cc2ccc(C(=O)NCCC3=CCCCC3)o2)c1. The van der Waals surface area contributed by atoms with E-state index in [2.05, 4.69) is 11.4 Å². The van der Waals surface area contributed by atoms with Gasteiger partial charge in [0.15, 0.2) is 15.6 Å². The number of sulfone groups is 1. The molecule has 0 atom stereocenters. The highest BCUT2D eigenvalue weighted by Gasteiger charge is 2.18. The first kappa shape index (κ1) is 20.4. The first-order valence-corrected chi connectivity index (χ1v) is 11.5. The number of rotatable bonds is 8. The quantitative estimate of drug-likeness (QED) is 0.668. The first-order chi connectivity index (χ1) is 13.4. The molecule has 0 radical (unpaired) electrons. The molecule has 6 heteroatoms. The molecule has 28 heavy (non-hydrogen) atoms. The van der Waals surface area contributed by atoms with Gasteiger partial charge in [0.2, 0.25) is 0 Å². The Bertz CT molecular complexity index is 956. The lowest BCUT2D eigenvalue weighted by molar-refractivity contribution is 0.0925. The predicted octanol–water partition coefficient (Wildman–Crippen LogP) is 4.32. The largest absolute Gasteiger partial charge is 0.455 e. The highest BCUT2D eigenvalue weighted by molar-refractivity contribution is 7.89. The summed E-state index contributed by atoms with van der Waals surface area (Å²) in [6, 6.07) is 10.5. The van der Waals surface area contributed by atoms with Crippen LogP contribution in [0.1, 0.15) is 59.5 Å². The number of benzene rings is 1. The van der Waals surface area contributed by atoms with Crippen LogP contribution in [-0.2, 0) is 21.3 Å². The molecule has 0 saturated heterocycles. The number of amides is 1. The van der Waals surface area contributed by atoms with Gasteiger partial charge in [-0.25, -0.2) is 8.42 Å². The molecule has 1 aromatic heterocycles. The van der Waals surface area contributed by atoms with E-state index in [1.807, 2.05) is 25.1 Å². The Morgan fingerprint density at radius 3 is 2.75 bits per heavy atom. The molecule has 0 spiro atoms. The van der Waals surface area contributed by atoms with Crippen molar-refractivity contribution in [2.24, 2.45) is 0 Å². The molecular weight excluding hydrogens is 374 g/mol. The molecule has 0 bridgehead atoms. The molecule has 1 amide bonds. The van der Waals surface area contributed by atoms with Crippen LogP contribution >= 0.6 is 0 Å². The summed E-state index contributed by atoms with van der Waals surface area (Å²) in [5.41, 5.74) is 3.17. The molecular formula is C22H27NO4S. The molecule has 3 rings (SSSR count). The predicted molar refractivity (Wildman–Crippen MR) is 110 cm³/mol. The highest BCUT2D eigenvalue weighted by atomic mass is 32.2. The molecule has 0 fully saturated rings. The smallest absolute Gasteiger partial charge is 0.287 e. The van der Waals surface area contributed by atoms with Gasteiger partial charge >= 0.3 is 0 Å². The zero-order chi connectivity index (χ0) is 20.0. The van der Waals surface area contributed by atoms with Gasteiger partial charge in [-0.3, -0.25) is 4.79 Å². The number of hydrogen-bond acceptors (Lipinski definition) is 4. The fraction of sp³-hybridized carbons (Fsp3) is 0.409. The molecule has 0 saturated carbocycles. The maximum atomic E-state index is 12.4. The van der Waals surface area contributed by atoms with Crippen LogP contribution in [0.2, 0.25) is 0 Å². The second-order valence-corrected chi connectivity index (χ2v) is 9.47. The van der Waals surface area contributed by atoms with E-state index in [0.29, 0.717) is 6.54 Å². The topological polar surface area (TPSA) is 76.4 Å². The number of carbonyl (C=O) groups is 1. The third-order valence-electron chi connectivity index (χ3n) is 4.83. The van der Waals surface area contributed by atoms with Crippen molar-refractivity contribution in [2.45, 2.75) is 50.5 Å². The minimum atomic E-state index is -3.38. The second-order valence-electron chi connectivity index (χ2n) is 7.40. The van der Waals surface area contributed by atoms with Gasteiger partial charge in [-0.05, 0) is 56.7 Å². The van der Waals surface area contributed by atoms with Crippen LogP contribution in [0.25, 0.3) is 0 Å². The van der Waals surface area contributed by atoms with E-state index in [1.165, 1.54) is 24.5 Å². The molecule has 150 valence electrons. The summed E-state index contributed by atoms with van der Waals surface area (Å²) in [4.78, 5) is 12.2. The normalized spacial score (nSPS) is 14.5. The van der Waals surface area contributed by atoms with Crippen LogP contribution in [0, 0.1) is 6.92 Å². The zero-order valence-electron chi connectivity index (χ0n) is 16.2. The van der Waals surface area contributed by atoms with Crippen molar-refractivity contribution < 1.29 is 17.6 Å². The maximum absolute atomic E-state index is 12.4. The molecule has 2 aromatic rings. The van der Waals surface area contributed by atoms with Gasteiger partial charge in [-0.2, -0.15) is 0 Å². The Morgan fingerprint density at radius 1 is 1.14 bits per heavy atom. The average molecular weight is 402 g/mol. The Hall–Kier alpha value is -2.34. The van der Waals surface area contributed by atoms with Crippen LogP contribution in [-0.4, -0.2) is 20.9 Å². The minimum absolute atomic E-state index is 0.0496. The monoisotopic (exact) mass is 401 g/mol. The molecule has 1 aliphatic carbocycles. The number of carbonyl (C=O) groups excluding carboxylic acids is 1.